The SMILES string of the molecule is [CH2]C#C[Si](C)(C)c1ccccc1. The van der Waals surface area contributed by atoms with Gasteiger partial charge in [-0.2, -0.15) is 0 Å². The van der Waals surface area contributed by atoms with Crippen molar-refractivity contribution >= 4 is 13.3 Å². The van der Waals surface area contributed by atoms with Gasteiger partial charge in [0.25, 0.3) is 0 Å². The third-order valence-corrected chi connectivity index (χ3v) is 4.47. The summed E-state index contributed by atoms with van der Waals surface area (Å²) in [7, 11) is -1.50. The highest BCUT2D eigenvalue weighted by molar-refractivity contribution is 6.96. The molecule has 1 heteroatoms. The van der Waals surface area contributed by atoms with Crippen LogP contribution < -0.4 is 5.19 Å². The molecule has 0 aliphatic carbocycles. The van der Waals surface area contributed by atoms with E-state index in [1.54, 1.807) is 0 Å². The topological polar surface area (TPSA) is 0 Å². The third-order valence-electron chi connectivity index (χ3n) is 1.90. The van der Waals surface area contributed by atoms with Crippen LogP contribution in [-0.2, 0) is 0 Å². The van der Waals surface area contributed by atoms with Crippen LogP contribution in [0.3, 0.4) is 0 Å². The Kier molecular flexibility index (Phi) is 2.72. The van der Waals surface area contributed by atoms with Crippen LogP contribution in [0.5, 0.6) is 0 Å². The summed E-state index contributed by atoms with van der Waals surface area (Å²) in [6, 6.07) is 10.5. The van der Waals surface area contributed by atoms with Crippen molar-refractivity contribution in [2.75, 3.05) is 0 Å². The lowest BCUT2D eigenvalue weighted by Crippen LogP contribution is -2.39. The van der Waals surface area contributed by atoms with E-state index in [-0.39, 0.29) is 0 Å². The van der Waals surface area contributed by atoms with Crippen molar-refractivity contribution < 1.29 is 0 Å². The Labute approximate surface area is 75.6 Å². The highest BCUT2D eigenvalue weighted by atomic mass is 28.3. The lowest BCUT2D eigenvalue weighted by molar-refractivity contribution is 1.72. The fourth-order valence-corrected chi connectivity index (χ4v) is 2.76. The van der Waals surface area contributed by atoms with E-state index in [0.29, 0.717) is 0 Å². The van der Waals surface area contributed by atoms with Gasteiger partial charge >= 0.3 is 0 Å². The van der Waals surface area contributed by atoms with Gasteiger partial charge in [-0.3, -0.25) is 0 Å². The predicted molar refractivity (Wildman–Crippen MR) is 56.7 cm³/mol. The molecule has 0 spiro atoms. The molecule has 0 aromatic heterocycles. The fourth-order valence-electron chi connectivity index (χ4n) is 1.15. The molecule has 0 amide bonds. The van der Waals surface area contributed by atoms with Crippen LogP contribution in [0.2, 0.25) is 13.1 Å². The van der Waals surface area contributed by atoms with Crippen molar-refractivity contribution in [3.05, 3.63) is 37.3 Å². The van der Waals surface area contributed by atoms with Crippen molar-refractivity contribution in [1.29, 1.82) is 0 Å². The summed E-state index contributed by atoms with van der Waals surface area (Å²) in [5, 5.41) is 1.38. The van der Waals surface area contributed by atoms with E-state index >= 15 is 0 Å². The Morgan fingerprint density at radius 2 is 1.75 bits per heavy atom. The largest absolute Gasteiger partial charge is 0.162 e. The molecule has 1 rings (SSSR count). The van der Waals surface area contributed by atoms with Crippen molar-refractivity contribution in [3.8, 4) is 11.5 Å². The summed E-state index contributed by atoms with van der Waals surface area (Å²) in [5.74, 6) is 2.77. The minimum atomic E-state index is -1.50. The van der Waals surface area contributed by atoms with Gasteiger partial charge < -0.3 is 0 Å². The van der Waals surface area contributed by atoms with Crippen LogP contribution in [0.25, 0.3) is 0 Å². The minimum Gasteiger partial charge on any atom is -0.126 e. The van der Waals surface area contributed by atoms with E-state index in [4.69, 9.17) is 0 Å². The standard InChI is InChI=1S/C11H13Si/c1-4-10-12(2,3)11-8-6-5-7-9-11/h5-9H,1H2,2-3H3. The van der Waals surface area contributed by atoms with Gasteiger partial charge in [0.05, 0.1) is 0 Å². The van der Waals surface area contributed by atoms with Gasteiger partial charge in [0, 0.05) is 6.92 Å². The summed E-state index contributed by atoms with van der Waals surface area (Å²) in [4.78, 5) is 0. The molecule has 0 aliphatic heterocycles. The summed E-state index contributed by atoms with van der Waals surface area (Å²) >= 11 is 0. The smallest absolute Gasteiger partial charge is 0.126 e. The number of hydrogen-bond donors (Lipinski definition) is 0. The first-order chi connectivity index (χ1) is 5.67. The van der Waals surface area contributed by atoms with E-state index in [1.165, 1.54) is 5.19 Å². The van der Waals surface area contributed by atoms with Crippen LogP contribution in [0.15, 0.2) is 30.3 Å². The summed E-state index contributed by atoms with van der Waals surface area (Å²) < 4.78 is 0. The molecule has 0 N–H and O–H groups in total. The fraction of sp³-hybridized carbons (Fsp3) is 0.182. The molecule has 1 aromatic carbocycles. The second kappa shape index (κ2) is 3.60. The maximum Gasteiger partial charge on any atom is 0.162 e. The summed E-state index contributed by atoms with van der Waals surface area (Å²) in [6.45, 7) is 8.04. The van der Waals surface area contributed by atoms with Crippen LogP contribution >= 0.6 is 0 Å². The minimum absolute atomic E-state index is 1.38. The Balaban J connectivity index is 3.03. The average Bonchev–Trinajstić information content (AvgIpc) is 2.06. The zero-order chi connectivity index (χ0) is 9.03. The van der Waals surface area contributed by atoms with Crippen molar-refractivity contribution in [2.45, 2.75) is 13.1 Å². The Morgan fingerprint density at radius 1 is 1.17 bits per heavy atom. The molecule has 0 fully saturated rings. The highest BCUT2D eigenvalue weighted by Crippen LogP contribution is 2.00. The molecule has 0 saturated carbocycles. The van der Waals surface area contributed by atoms with E-state index in [2.05, 4.69) is 55.7 Å². The van der Waals surface area contributed by atoms with Crippen LogP contribution in [-0.4, -0.2) is 8.07 Å². The molecular formula is C11H13Si. The van der Waals surface area contributed by atoms with E-state index in [1.807, 2.05) is 6.07 Å². The lowest BCUT2D eigenvalue weighted by Gasteiger charge is -2.14. The van der Waals surface area contributed by atoms with Crippen molar-refractivity contribution in [1.82, 2.24) is 0 Å². The predicted octanol–water partition coefficient (Wildman–Crippen LogP) is 1.98. The highest BCUT2D eigenvalue weighted by Gasteiger charge is 2.19. The van der Waals surface area contributed by atoms with Gasteiger partial charge in [0.15, 0.2) is 8.07 Å². The van der Waals surface area contributed by atoms with E-state index in [9.17, 15) is 0 Å². The molecule has 0 unspecified atom stereocenters. The molecule has 0 atom stereocenters. The lowest BCUT2D eigenvalue weighted by atomic mass is 10.4. The van der Waals surface area contributed by atoms with Crippen molar-refractivity contribution in [3.63, 3.8) is 0 Å². The van der Waals surface area contributed by atoms with Gasteiger partial charge in [0.2, 0.25) is 0 Å². The van der Waals surface area contributed by atoms with Crippen LogP contribution in [0, 0.1) is 18.4 Å². The number of hydrogen-bond acceptors (Lipinski definition) is 0. The quantitative estimate of drug-likeness (QED) is 0.450. The molecule has 0 aliphatic rings. The van der Waals surface area contributed by atoms with Crippen LogP contribution in [0.4, 0.5) is 0 Å². The molecule has 1 radical (unpaired) electrons. The Hall–Kier alpha value is -1.00. The average molecular weight is 173 g/mol. The first kappa shape index (κ1) is 9.09. The second-order valence-electron chi connectivity index (χ2n) is 3.29. The first-order valence-electron chi connectivity index (χ1n) is 4.01. The number of benzene rings is 1. The Bertz CT molecular complexity index is 301. The second-order valence-corrected chi connectivity index (χ2v) is 7.37. The molecular weight excluding hydrogens is 160 g/mol. The molecule has 0 saturated heterocycles. The van der Waals surface area contributed by atoms with Gasteiger partial charge in [-0.15, -0.1) is 11.5 Å². The van der Waals surface area contributed by atoms with Crippen LogP contribution in [0.1, 0.15) is 0 Å². The molecule has 0 nitrogen and oxygen atoms in total. The molecule has 0 bridgehead atoms. The van der Waals surface area contributed by atoms with Gasteiger partial charge in [-0.1, -0.05) is 43.4 Å². The molecule has 12 heavy (non-hydrogen) atoms. The Morgan fingerprint density at radius 3 is 2.25 bits per heavy atom. The zero-order valence-electron chi connectivity index (χ0n) is 7.59. The number of rotatable bonds is 1. The maximum absolute atomic E-state index is 3.57. The first-order valence-corrected chi connectivity index (χ1v) is 7.01. The molecule has 61 valence electrons. The third kappa shape index (κ3) is 1.99. The van der Waals surface area contributed by atoms with Gasteiger partial charge in [-0.05, 0) is 5.19 Å². The normalized spacial score (nSPS) is 10.2. The molecule has 0 heterocycles. The van der Waals surface area contributed by atoms with E-state index in [0.717, 1.165) is 0 Å². The maximum atomic E-state index is 3.57. The van der Waals surface area contributed by atoms with Crippen molar-refractivity contribution in [2.24, 2.45) is 0 Å². The summed E-state index contributed by atoms with van der Waals surface area (Å²) in [6.07, 6.45) is 0. The molecule has 1 aromatic rings. The van der Waals surface area contributed by atoms with Gasteiger partial charge in [-0.25, -0.2) is 0 Å². The zero-order valence-corrected chi connectivity index (χ0v) is 8.59. The van der Waals surface area contributed by atoms with E-state index < -0.39 is 8.07 Å². The summed E-state index contributed by atoms with van der Waals surface area (Å²) in [5.41, 5.74) is 3.22. The monoisotopic (exact) mass is 173 g/mol. The van der Waals surface area contributed by atoms with Gasteiger partial charge in [0.1, 0.15) is 0 Å².